The van der Waals surface area contributed by atoms with Gasteiger partial charge in [0.1, 0.15) is 12.9 Å². The second-order valence-electron chi connectivity index (χ2n) is 3.51. The molecule has 0 spiro atoms. The van der Waals surface area contributed by atoms with Crippen molar-refractivity contribution < 1.29 is 5.11 Å². The number of aromatic nitrogens is 3. The number of piperazine rings is 1. The maximum Gasteiger partial charge on any atom is 0.177 e. The second kappa shape index (κ2) is 3.93. The number of hydrogen-bond donors (Lipinski definition) is 1. The van der Waals surface area contributed by atoms with Crippen molar-refractivity contribution in [2.45, 2.75) is 6.61 Å². The third-order valence-electron chi connectivity index (χ3n) is 2.52. The Kier molecular flexibility index (Phi) is 2.64. The fraction of sp³-hybridized carbons (Fsp3) is 0.750. The van der Waals surface area contributed by atoms with Crippen molar-refractivity contribution in [2.75, 3.05) is 38.2 Å². The van der Waals surface area contributed by atoms with Crippen LogP contribution in [0.1, 0.15) is 5.82 Å². The number of likely N-dealkylation sites (N-methyl/N-ethyl adjacent to an activating group) is 1. The molecular weight excluding hydrogens is 182 g/mol. The minimum absolute atomic E-state index is 0.0632. The molecule has 6 heteroatoms. The molecular formula is C8H15N5O. The standard InChI is InChI=1S/C8H15N5O/c1-11-2-4-12(5-3-11)13-7-9-10-8(13)6-14/h7,14H,2-6H2,1H3. The Morgan fingerprint density at radius 2 is 2.07 bits per heavy atom. The molecule has 0 amide bonds. The van der Waals surface area contributed by atoms with Gasteiger partial charge in [-0.2, -0.15) is 0 Å². The molecule has 2 heterocycles. The van der Waals surface area contributed by atoms with Crippen molar-refractivity contribution in [1.82, 2.24) is 19.8 Å². The number of aliphatic hydroxyl groups is 1. The molecule has 0 radical (unpaired) electrons. The minimum atomic E-state index is -0.0632. The zero-order valence-electron chi connectivity index (χ0n) is 8.30. The first-order chi connectivity index (χ1) is 6.81. The molecule has 1 N–H and O–H groups in total. The van der Waals surface area contributed by atoms with E-state index in [1.54, 1.807) is 6.33 Å². The zero-order valence-corrected chi connectivity index (χ0v) is 8.30. The van der Waals surface area contributed by atoms with Crippen molar-refractivity contribution in [1.29, 1.82) is 0 Å². The normalized spacial score (nSPS) is 18.9. The lowest BCUT2D eigenvalue weighted by Crippen LogP contribution is -2.50. The molecule has 0 aromatic carbocycles. The number of hydrogen-bond acceptors (Lipinski definition) is 5. The summed E-state index contributed by atoms with van der Waals surface area (Å²) in [5, 5.41) is 18.8. The SMILES string of the molecule is CN1CCN(n2cnnc2CO)CC1. The highest BCUT2D eigenvalue weighted by atomic mass is 16.3. The molecule has 0 aliphatic carbocycles. The van der Waals surface area contributed by atoms with Crippen molar-refractivity contribution >= 4 is 0 Å². The molecule has 0 atom stereocenters. The number of nitrogens with zero attached hydrogens (tertiary/aromatic N) is 5. The van der Waals surface area contributed by atoms with Crippen LogP contribution in [0.25, 0.3) is 0 Å². The van der Waals surface area contributed by atoms with Crippen LogP contribution in [-0.4, -0.2) is 58.1 Å². The van der Waals surface area contributed by atoms with Crippen LogP contribution in [0, 0.1) is 0 Å². The topological polar surface area (TPSA) is 57.4 Å². The van der Waals surface area contributed by atoms with Gasteiger partial charge in [-0.05, 0) is 7.05 Å². The first-order valence-corrected chi connectivity index (χ1v) is 4.75. The van der Waals surface area contributed by atoms with Gasteiger partial charge < -0.3 is 15.0 Å². The molecule has 1 aliphatic heterocycles. The molecule has 1 saturated heterocycles. The molecule has 6 nitrogen and oxygen atoms in total. The van der Waals surface area contributed by atoms with Crippen molar-refractivity contribution in [2.24, 2.45) is 0 Å². The van der Waals surface area contributed by atoms with Crippen LogP contribution >= 0.6 is 0 Å². The molecule has 14 heavy (non-hydrogen) atoms. The van der Waals surface area contributed by atoms with E-state index in [2.05, 4.69) is 27.2 Å². The summed E-state index contributed by atoms with van der Waals surface area (Å²) in [6.45, 7) is 3.89. The van der Waals surface area contributed by atoms with Gasteiger partial charge in [-0.15, -0.1) is 10.2 Å². The molecule has 0 bridgehead atoms. The highest BCUT2D eigenvalue weighted by molar-refractivity contribution is 4.96. The molecule has 1 aliphatic rings. The number of rotatable bonds is 2. The molecule has 1 fully saturated rings. The molecule has 1 aromatic heterocycles. The van der Waals surface area contributed by atoms with E-state index in [4.69, 9.17) is 5.11 Å². The predicted octanol–water partition coefficient (Wildman–Crippen LogP) is -1.35. The molecule has 2 rings (SSSR count). The first kappa shape index (κ1) is 9.42. The van der Waals surface area contributed by atoms with Gasteiger partial charge in [0.05, 0.1) is 0 Å². The van der Waals surface area contributed by atoms with Gasteiger partial charge in [0.25, 0.3) is 0 Å². The smallest absolute Gasteiger partial charge is 0.177 e. The first-order valence-electron chi connectivity index (χ1n) is 4.75. The average molecular weight is 197 g/mol. The lowest BCUT2D eigenvalue weighted by atomic mass is 10.4. The summed E-state index contributed by atoms with van der Waals surface area (Å²) in [6.07, 6.45) is 1.65. The van der Waals surface area contributed by atoms with Crippen molar-refractivity contribution in [3.63, 3.8) is 0 Å². The largest absolute Gasteiger partial charge is 0.388 e. The van der Waals surface area contributed by atoms with Gasteiger partial charge in [-0.1, -0.05) is 0 Å². The van der Waals surface area contributed by atoms with Crippen LogP contribution in [0.4, 0.5) is 0 Å². The van der Waals surface area contributed by atoms with Crippen LogP contribution in [0.2, 0.25) is 0 Å². The Labute approximate surface area is 82.7 Å². The van der Waals surface area contributed by atoms with E-state index in [0.717, 1.165) is 26.2 Å². The predicted molar refractivity (Wildman–Crippen MR) is 51.4 cm³/mol. The Morgan fingerprint density at radius 3 is 2.71 bits per heavy atom. The van der Waals surface area contributed by atoms with Gasteiger partial charge in [-0.3, -0.25) is 0 Å². The molecule has 78 valence electrons. The van der Waals surface area contributed by atoms with Gasteiger partial charge in [0, 0.05) is 26.2 Å². The van der Waals surface area contributed by atoms with Gasteiger partial charge >= 0.3 is 0 Å². The van der Waals surface area contributed by atoms with Gasteiger partial charge in [0.15, 0.2) is 5.82 Å². The summed E-state index contributed by atoms with van der Waals surface area (Å²) in [4.78, 5) is 2.28. The number of aliphatic hydroxyl groups excluding tert-OH is 1. The summed E-state index contributed by atoms with van der Waals surface area (Å²) in [5.41, 5.74) is 0. The van der Waals surface area contributed by atoms with Crippen LogP contribution in [-0.2, 0) is 6.61 Å². The fourth-order valence-electron chi connectivity index (χ4n) is 1.61. The summed E-state index contributed by atoms with van der Waals surface area (Å²) < 4.78 is 1.84. The third-order valence-corrected chi connectivity index (χ3v) is 2.52. The lowest BCUT2D eigenvalue weighted by molar-refractivity contribution is 0.251. The van der Waals surface area contributed by atoms with E-state index in [1.165, 1.54) is 0 Å². The zero-order chi connectivity index (χ0) is 9.97. The van der Waals surface area contributed by atoms with Crippen molar-refractivity contribution in [3.05, 3.63) is 12.2 Å². The summed E-state index contributed by atoms with van der Waals surface area (Å²) >= 11 is 0. The third kappa shape index (κ3) is 1.71. The van der Waals surface area contributed by atoms with Crippen LogP contribution in [0.15, 0.2) is 6.33 Å². The van der Waals surface area contributed by atoms with Crippen molar-refractivity contribution in [3.8, 4) is 0 Å². The quantitative estimate of drug-likeness (QED) is 0.635. The van der Waals surface area contributed by atoms with E-state index in [0.29, 0.717) is 5.82 Å². The highest BCUT2D eigenvalue weighted by Gasteiger charge is 2.16. The van der Waals surface area contributed by atoms with Gasteiger partial charge in [-0.25, -0.2) is 4.68 Å². The second-order valence-corrected chi connectivity index (χ2v) is 3.51. The molecule has 1 aromatic rings. The van der Waals surface area contributed by atoms with E-state index >= 15 is 0 Å². The maximum atomic E-state index is 9.03. The Hall–Kier alpha value is -1.14. The minimum Gasteiger partial charge on any atom is -0.388 e. The van der Waals surface area contributed by atoms with Crippen LogP contribution in [0.5, 0.6) is 0 Å². The summed E-state index contributed by atoms with van der Waals surface area (Å²) in [7, 11) is 2.11. The maximum absolute atomic E-state index is 9.03. The monoisotopic (exact) mass is 197 g/mol. The van der Waals surface area contributed by atoms with E-state index < -0.39 is 0 Å². The summed E-state index contributed by atoms with van der Waals surface area (Å²) in [6, 6.07) is 0. The van der Waals surface area contributed by atoms with Gasteiger partial charge in [0.2, 0.25) is 0 Å². The Balaban J connectivity index is 2.08. The molecule has 0 unspecified atom stereocenters. The Bertz CT molecular complexity index is 292. The van der Waals surface area contributed by atoms with E-state index in [1.807, 2.05) is 4.68 Å². The fourth-order valence-corrected chi connectivity index (χ4v) is 1.61. The average Bonchev–Trinajstić information content (AvgIpc) is 2.67. The van der Waals surface area contributed by atoms with Crippen LogP contribution in [0.3, 0.4) is 0 Å². The van der Waals surface area contributed by atoms with E-state index in [9.17, 15) is 0 Å². The Morgan fingerprint density at radius 1 is 1.36 bits per heavy atom. The van der Waals surface area contributed by atoms with E-state index in [-0.39, 0.29) is 6.61 Å². The summed E-state index contributed by atoms with van der Waals surface area (Å²) in [5.74, 6) is 0.606. The van der Waals surface area contributed by atoms with Crippen LogP contribution < -0.4 is 5.01 Å². The highest BCUT2D eigenvalue weighted by Crippen LogP contribution is 2.01. The lowest BCUT2D eigenvalue weighted by Gasteiger charge is -2.34. The molecule has 0 saturated carbocycles.